The van der Waals surface area contributed by atoms with Gasteiger partial charge in [-0.05, 0) is 30.3 Å². The number of nitrogens with zero attached hydrogens (tertiary/aromatic N) is 2. The van der Waals surface area contributed by atoms with Gasteiger partial charge in [-0.2, -0.15) is 0 Å². The predicted octanol–water partition coefficient (Wildman–Crippen LogP) is 3.75. The average Bonchev–Trinajstić information content (AvgIpc) is 3.30. The Balaban J connectivity index is 1.74. The molecule has 10 heteroatoms. The van der Waals surface area contributed by atoms with Gasteiger partial charge < -0.3 is 28.1 Å². The number of thioether (sulfide) groups is 1. The smallest absolute Gasteiger partial charge is 0.277 e. The minimum atomic E-state index is -0.113. The van der Waals surface area contributed by atoms with E-state index >= 15 is 0 Å². The second kappa shape index (κ2) is 10.1. The van der Waals surface area contributed by atoms with Crippen molar-refractivity contribution >= 4 is 17.5 Å². The third-order valence-corrected chi connectivity index (χ3v) is 5.17. The molecule has 9 nitrogen and oxygen atoms in total. The average molecular weight is 446 g/mol. The van der Waals surface area contributed by atoms with Crippen LogP contribution in [0.3, 0.4) is 0 Å². The summed E-state index contributed by atoms with van der Waals surface area (Å²) in [6, 6.07) is 8.42. The fourth-order valence-electron chi connectivity index (χ4n) is 2.81. The fourth-order valence-corrected chi connectivity index (χ4v) is 3.47. The Morgan fingerprint density at radius 3 is 2.06 bits per heavy atom. The van der Waals surface area contributed by atoms with Crippen molar-refractivity contribution in [3.63, 3.8) is 0 Å². The molecule has 164 valence electrons. The van der Waals surface area contributed by atoms with E-state index in [9.17, 15) is 4.79 Å². The number of ether oxygens (including phenoxy) is 5. The highest BCUT2D eigenvalue weighted by Gasteiger charge is 2.18. The van der Waals surface area contributed by atoms with Crippen molar-refractivity contribution < 1.29 is 32.9 Å². The molecule has 0 spiro atoms. The monoisotopic (exact) mass is 446 g/mol. The van der Waals surface area contributed by atoms with E-state index in [-0.39, 0.29) is 22.6 Å². The van der Waals surface area contributed by atoms with E-state index in [1.165, 1.54) is 35.5 Å². The molecule has 0 aliphatic carbocycles. The Bertz CT molecular complexity index is 1040. The molecule has 0 N–H and O–H groups in total. The van der Waals surface area contributed by atoms with Gasteiger partial charge in [-0.25, -0.2) is 0 Å². The van der Waals surface area contributed by atoms with Crippen molar-refractivity contribution in [2.75, 3.05) is 41.3 Å². The van der Waals surface area contributed by atoms with E-state index in [4.69, 9.17) is 28.1 Å². The highest BCUT2D eigenvalue weighted by molar-refractivity contribution is 7.99. The Hall–Kier alpha value is -3.40. The molecule has 3 aromatic rings. The minimum Gasteiger partial charge on any atom is -0.493 e. The second-order valence-electron chi connectivity index (χ2n) is 6.07. The fraction of sp³-hybridized carbons (Fsp3) is 0.286. The van der Waals surface area contributed by atoms with Crippen LogP contribution >= 0.6 is 11.8 Å². The number of hydrogen-bond acceptors (Lipinski definition) is 10. The van der Waals surface area contributed by atoms with E-state index in [1.807, 2.05) is 0 Å². The van der Waals surface area contributed by atoms with E-state index in [1.54, 1.807) is 30.3 Å². The van der Waals surface area contributed by atoms with Gasteiger partial charge in [-0.15, -0.1) is 10.2 Å². The Labute approximate surface area is 183 Å². The SMILES string of the molecule is COc1ccc(C(=O)CSc2nnc(-c3cc(OC)c(OC)c(OC)c3)o2)cc1OC. The largest absolute Gasteiger partial charge is 0.493 e. The molecule has 0 unspecified atom stereocenters. The maximum absolute atomic E-state index is 12.5. The zero-order valence-electron chi connectivity index (χ0n) is 17.8. The highest BCUT2D eigenvalue weighted by Crippen LogP contribution is 2.41. The first-order valence-corrected chi connectivity index (χ1v) is 10.0. The lowest BCUT2D eigenvalue weighted by Crippen LogP contribution is -2.03. The number of benzene rings is 2. The maximum Gasteiger partial charge on any atom is 0.277 e. The van der Waals surface area contributed by atoms with Crippen LogP contribution in [0.15, 0.2) is 40.0 Å². The van der Waals surface area contributed by atoms with Crippen molar-refractivity contribution in [2.24, 2.45) is 0 Å². The van der Waals surface area contributed by atoms with Gasteiger partial charge in [-0.1, -0.05) is 11.8 Å². The van der Waals surface area contributed by atoms with E-state index in [2.05, 4.69) is 10.2 Å². The lowest BCUT2D eigenvalue weighted by atomic mass is 10.1. The topological polar surface area (TPSA) is 102 Å². The van der Waals surface area contributed by atoms with Crippen LogP contribution in [0, 0.1) is 0 Å². The molecular formula is C21H22N2O7S. The van der Waals surface area contributed by atoms with Crippen LogP contribution in [0.2, 0.25) is 0 Å². The van der Waals surface area contributed by atoms with Crippen molar-refractivity contribution in [3.05, 3.63) is 35.9 Å². The summed E-state index contributed by atoms with van der Waals surface area (Å²) in [5.74, 6) is 2.70. The Kier molecular flexibility index (Phi) is 7.24. The quantitative estimate of drug-likeness (QED) is 0.338. The first-order chi connectivity index (χ1) is 15.0. The van der Waals surface area contributed by atoms with Gasteiger partial charge in [0.15, 0.2) is 28.8 Å². The molecule has 0 aliphatic rings. The van der Waals surface area contributed by atoms with Crippen LogP contribution in [-0.4, -0.2) is 57.3 Å². The second-order valence-corrected chi connectivity index (χ2v) is 7.00. The van der Waals surface area contributed by atoms with E-state index < -0.39 is 0 Å². The third kappa shape index (κ3) is 4.85. The number of methoxy groups -OCH3 is 5. The lowest BCUT2D eigenvalue weighted by Gasteiger charge is -2.12. The molecule has 0 saturated carbocycles. The van der Waals surface area contributed by atoms with Gasteiger partial charge in [0.05, 0.1) is 41.3 Å². The molecular weight excluding hydrogens is 424 g/mol. The maximum atomic E-state index is 12.5. The third-order valence-electron chi connectivity index (χ3n) is 4.35. The molecule has 0 bridgehead atoms. The molecule has 0 amide bonds. The van der Waals surface area contributed by atoms with Gasteiger partial charge in [0.25, 0.3) is 5.22 Å². The summed E-state index contributed by atoms with van der Waals surface area (Å²) in [5, 5.41) is 8.33. The molecule has 0 radical (unpaired) electrons. The zero-order chi connectivity index (χ0) is 22.4. The number of ketones is 1. The van der Waals surface area contributed by atoms with Gasteiger partial charge >= 0.3 is 0 Å². The number of carbonyl (C=O) groups excluding carboxylic acids is 1. The molecule has 1 aromatic heterocycles. The standard InChI is InChI=1S/C21H22N2O7S/c1-25-15-7-6-12(8-16(15)26-2)14(24)11-31-21-23-22-20(30-21)13-9-17(27-3)19(29-5)18(10-13)28-4/h6-10H,11H2,1-5H3. The van der Waals surface area contributed by atoms with Crippen LogP contribution < -0.4 is 23.7 Å². The number of carbonyl (C=O) groups is 1. The molecule has 31 heavy (non-hydrogen) atoms. The zero-order valence-corrected chi connectivity index (χ0v) is 18.6. The van der Waals surface area contributed by atoms with Crippen molar-refractivity contribution in [1.82, 2.24) is 10.2 Å². The molecule has 0 atom stereocenters. The molecule has 0 aliphatic heterocycles. The Morgan fingerprint density at radius 1 is 0.839 bits per heavy atom. The van der Waals surface area contributed by atoms with Crippen LogP contribution in [0.5, 0.6) is 28.7 Å². The summed E-state index contributed by atoms with van der Waals surface area (Å²) in [4.78, 5) is 12.5. The van der Waals surface area contributed by atoms with Crippen LogP contribution in [0.25, 0.3) is 11.5 Å². The highest BCUT2D eigenvalue weighted by atomic mass is 32.2. The molecule has 0 fully saturated rings. The summed E-state index contributed by atoms with van der Waals surface area (Å²) in [6.45, 7) is 0. The first kappa shape index (κ1) is 22.3. The summed E-state index contributed by atoms with van der Waals surface area (Å²) < 4.78 is 32.1. The first-order valence-electron chi connectivity index (χ1n) is 9.06. The normalized spacial score (nSPS) is 10.5. The molecule has 0 saturated heterocycles. The minimum absolute atomic E-state index is 0.113. The number of Topliss-reactive ketones (excluding diaryl/α,β-unsaturated/α-hetero) is 1. The van der Waals surface area contributed by atoms with Crippen molar-refractivity contribution in [2.45, 2.75) is 5.22 Å². The number of aromatic nitrogens is 2. The summed E-state index contributed by atoms with van der Waals surface area (Å²) in [6.07, 6.45) is 0. The van der Waals surface area contributed by atoms with Crippen LogP contribution in [0.1, 0.15) is 10.4 Å². The number of rotatable bonds is 10. The molecule has 1 heterocycles. The van der Waals surface area contributed by atoms with Crippen LogP contribution in [0.4, 0.5) is 0 Å². The lowest BCUT2D eigenvalue weighted by molar-refractivity contribution is 0.102. The Morgan fingerprint density at radius 2 is 1.48 bits per heavy atom. The van der Waals surface area contributed by atoms with Crippen LogP contribution in [-0.2, 0) is 0 Å². The van der Waals surface area contributed by atoms with Gasteiger partial charge in [0.2, 0.25) is 11.6 Å². The summed E-state index contributed by atoms with van der Waals surface area (Å²) in [7, 11) is 7.63. The van der Waals surface area contributed by atoms with Gasteiger partial charge in [0, 0.05) is 11.1 Å². The number of hydrogen-bond donors (Lipinski definition) is 0. The van der Waals surface area contributed by atoms with Gasteiger partial charge in [-0.3, -0.25) is 4.79 Å². The van der Waals surface area contributed by atoms with Gasteiger partial charge in [0.1, 0.15) is 0 Å². The van der Waals surface area contributed by atoms with E-state index in [0.717, 1.165) is 11.8 Å². The molecule has 2 aromatic carbocycles. The predicted molar refractivity (Wildman–Crippen MR) is 114 cm³/mol. The summed E-state index contributed by atoms with van der Waals surface area (Å²) in [5.41, 5.74) is 1.09. The van der Waals surface area contributed by atoms with Crippen molar-refractivity contribution in [3.8, 4) is 40.2 Å². The van der Waals surface area contributed by atoms with Crippen molar-refractivity contribution in [1.29, 1.82) is 0 Å². The molecule has 3 rings (SSSR count). The van der Waals surface area contributed by atoms with E-state index in [0.29, 0.717) is 39.9 Å². The summed E-state index contributed by atoms with van der Waals surface area (Å²) >= 11 is 1.14.